The van der Waals surface area contributed by atoms with Crippen LogP contribution in [0.2, 0.25) is 0 Å². The van der Waals surface area contributed by atoms with E-state index in [1.807, 2.05) is 0 Å². The number of hydrogen-bond donors (Lipinski definition) is 1. The average molecular weight is 234 g/mol. The van der Waals surface area contributed by atoms with Gasteiger partial charge in [0.15, 0.2) is 6.10 Å². The molecule has 0 radical (unpaired) electrons. The van der Waals surface area contributed by atoms with Crippen molar-refractivity contribution in [2.45, 2.75) is 26.9 Å². The molecule has 5 heteroatoms. The summed E-state index contributed by atoms with van der Waals surface area (Å²) in [6, 6.07) is 0. The van der Waals surface area contributed by atoms with E-state index >= 15 is 0 Å². The number of rotatable bonds is 10. The highest BCUT2D eigenvalue weighted by atomic mass is 16.6. The highest BCUT2D eigenvalue weighted by molar-refractivity contribution is 5.72. The fraction of sp³-hybridized carbons (Fsp3) is 0.909. The van der Waals surface area contributed by atoms with Crippen molar-refractivity contribution in [3.05, 3.63) is 0 Å². The van der Waals surface area contributed by atoms with Crippen molar-refractivity contribution in [1.29, 1.82) is 0 Å². The van der Waals surface area contributed by atoms with Crippen molar-refractivity contribution in [3.8, 4) is 0 Å². The molecule has 1 unspecified atom stereocenters. The van der Waals surface area contributed by atoms with Gasteiger partial charge in [0, 0.05) is 13.2 Å². The van der Waals surface area contributed by atoms with Crippen LogP contribution in [0.15, 0.2) is 0 Å². The summed E-state index contributed by atoms with van der Waals surface area (Å²) >= 11 is 0. The molecule has 0 fully saturated rings. The first kappa shape index (κ1) is 15.3. The number of carboxylic acids is 1. The van der Waals surface area contributed by atoms with E-state index in [4.69, 9.17) is 19.3 Å². The Morgan fingerprint density at radius 3 is 2.19 bits per heavy atom. The van der Waals surface area contributed by atoms with Gasteiger partial charge in [0.25, 0.3) is 0 Å². The molecule has 0 aliphatic rings. The molecular weight excluding hydrogens is 212 g/mol. The molecule has 0 aliphatic carbocycles. The van der Waals surface area contributed by atoms with Gasteiger partial charge in [0.05, 0.1) is 19.8 Å². The van der Waals surface area contributed by atoms with Crippen molar-refractivity contribution >= 4 is 5.97 Å². The third kappa shape index (κ3) is 8.64. The largest absolute Gasteiger partial charge is 0.479 e. The van der Waals surface area contributed by atoms with Crippen molar-refractivity contribution < 1.29 is 24.1 Å². The fourth-order valence-corrected chi connectivity index (χ4v) is 1.02. The summed E-state index contributed by atoms with van der Waals surface area (Å²) in [5.41, 5.74) is 0. The summed E-state index contributed by atoms with van der Waals surface area (Å²) in [6.07, 6.45) is -0.880. The molecule has 0 saturated carbocycles. The second-order valence-corrected chi connectivity index (χ2v) is 3.83. The Bertz CT molecular complexity index is 181. The Morgan fingerprint density at radius 1 is 1.19 bits per heavy atom. The summed E-state index contributed by atoms with van der Waals surface area (Å²) < 4.78 is 15.4. The third-order valence-corrected chi connectivity index (χ3v) is 1.74. The maximum absolute atomic E-state index is 10.7. The Morgan fingerprint density at radius 2 is 1.75 bits per heavy atom. The quantitative estimate of drug-likeness (QED) is 0.575. The van der Waals surface area contributed by atoms with Crippen molar-refractivity contribution in [3.63, 3.8) is 0 Å². The standard InChI is InChI=1S/C11H22O5/c1-4-16-10(11(12)13)8-15-6-5-14-7-9(2)3/h9-10H,4-8H2,1-3H3,(H,12,13). The van der Waals surface area contributed by atoms with E-state index in [0.717, 1.165) is 0 Å². The first-order valence-corrected chi connectivity index (χ1v) is 5.57. The second kappa shape index (κ2) is 9.57. The zero-order chi connectivity index (χ0) is 12.4. The van der Waals surface area contributed by atoms with Gasteiger partial charge < -0.3 is 19.3 Å². The monoisotopic (exact) mass is 234 g/mol. The molecule has 0 heterocycles. The van der Waals surface area contributed by atoms with Crippen molar-refractivity contribution in [1.82, 2.24) is 0 Å². The van der Waals surface area contributed by atoms with E-state index in [1.165, 1.54) is 0 Å². The van der Waals surface area contributed by atoms with Gasteiger partial charge in [-0.05, 0) is 12.8 Å². The molecule has 5 nitrogen and oxygen atoms in total. The molecule has 0 spiro atoms. The Balaban J connectivity index is 3.44. The van der Waals surface area contributed by atoms with Gasteiger partial charge in [0.2, 0.25) is 0 Å². The normalized spacial score (nSPS) is 13.0. The van der Waals surface area contributed by atoms with E-state index in [9.17, 15) is 4.79 Å². The molecule has 0 aromatic carbocycles. The maximum Gasteiger partial charge on any atom is 0.335 e. The Hall–Kier alpha value is -0.650. The lowest BCUT2D eigenvalue weighted by Gasteiger charge is -2.13. The van der Waals surface area contributed by atoms with Gasteiger partial charge in [-0.2, -0.15) is 0 Å². The van der Waals surface area contributed by atoms with Gasteiger partial charge in [-0.1, -0.05) is 13.8 Å². The minimum atomic E-state index is -0.995. The van der Waals surface area contributed by atoms with Gasteiger partial charge in [-0.25, -0.2) is 4.79 Å². The summed E-state index contributed by atoms with van der Waals surface area (Å²) in [5, 5.41) is 8.74. The van der Waals surface area contributed by atoms with Crippen LogP contribution in [0.5, 0.6) is 0 Å². The molecule has 1 N–H and O–H groups in total. The summed E-state index contributed by atoms with van der Waals surface area (Å²) in [6.45, 7) is 7.88. The second-order valence-electron chi connectivity index (χ2n) is 3.83. The van der Waals surface area contributed by atoms with E-state index in [0.29, 0.717) is 32.3 Å². The van der Waals surface area contributed by atoms with Crippen LogP contribution >= 0.6 is 0 Å². The van der Waals surface area contributed by atoms with Crippen molar-refractivity contribution in [2.75, 3.05) is 33.0 Å². The fourth-order valence-electron chi connectivity index (χ4n) is 1.02. The average Bonchev–Trinajstić information content (AvgIpc) is 2.20. The molecule has 16 heavy (non-hydrogen) atoms. The predicted molar refractivity (Wildman–Crippen MR) is 59.5 cm³/mol. The SMILES string of the molecule is CCOC(COCCOCC(C)C)C(=O)O. The molecule has 0 amide bonds. The first-order valence-electron chi connectivity index (χ1n) is 5.57. The minimum Gasteiger partial charge on any atom is -0.479 e. The predicted octanol–water partition coefficient (Wildman–Crippen LogP) is 1.17. The van der Waals surface area contributed by atoms with Crippen LogP contribution in [0.3, 0.4) is 0 Å². The lowest BCUT2D eigenvalue weighted by molar-refractivity contribution is -0.154. The highest BCUT2D eigenvalue weighted by Gasteiger charge is 2.16. The lowest BCUT2D eigenvalue weighted by Crippen LogP contribution is -2.29. The van der Waals surface area contributed by atoms with Gasteiger partial charge >= 0.3 is 5.97 Å². The smallest absolute Gasteiger partial charge is 0.335 e. The van der Waals surface area contributed by atoms with Crippen LogP contribution in [0, 0.1) is 5.92 Å². The zero-order valence-corrected chi connectivity index (χ0v) is 10.3. The lowest BCUT2D eigenvalue weighted by atomic mass is 10.2. The van der Waals surface area contributed by atoms with Crippen LogP contribution in [-0.4, -0.2) is 50.2 Å². The number of hydrogen-bond acceptors (Lipinski definition) is 4. The molecule has 0 aliphatic heterocycles. The van der Waals surface area contributed by atoms with Gasteiger partial charge in [0.1, 0.15) is 0 Å². The Labute approximate surface area is 96.7 Å². The topological polar surface area (TPSA) is 65.0 Å². The number of ether oxygens (including phenoxy) is 3. The van der Waals surface area contributed by atoms with Gasteiger partial charge in [-0.15, -0.1) is 0 Å². The van der Waals surface area contributed by atoms with Crippen LogP contribution in [0.25, 0.3) is 0 Å². The molecule has 0 saturated heterocycles. The van der Waals surface area contributed by atoms with Crippen LogP contribution < -0.4 is 0 Å². The third-order valence-electron chi connectivity index (χ3n) is 1.74. The molecule has 0 aromatic heterocycles. The summed E-state index contributed by atoms with van der Waals surface area (Å²) in [4.78, 5) is 10.7. The summed E-state index contributed by atoms with van der Waals surface area (Å²) in [5.74, 6) is -0.500. The van der Waals surface area contributed by atoms with E-state index < -0.39 is 12.1 Å². The van der Waals surface area contributed by atoms with E-state index in [-0.39, 0.29) is 6.61 Å². The molecule has 1 atom stereocenters. The van der Waals surface area contributed by atoms with Gasteiger partial charge in [-0.3, -0.25) is 0 Å². The minimum absolute atomic E-state index is 0.0637. The summed E-state index contributed by atoms with van der Waals surface area (Å²) in [7, 11) is 0. The van der Waals surface area contributed by atoms with E-state index in [1.54, 1.807) is 6.92 Å². The molecule has 96 valence electrons. The van der Waals surface area contributed by atoms with E-state index in [2.05, 4.69) is 13.8 Å². The Kier molecular flexibility index (Phi) is 9.18. The number of carboxylic acid groups (broad SMARTS) is 1. The maximum atomic E-state index is 10.7. The van der Waals surface area contributed by atoms with Crippen LogP contribution in [0.1, 0.15) is 20.8 Å². The number of aliphatic carboxylic acids is 1. The van der Waals surface area contributed by atoms with Crippen molar-refractivity contribution in [2.24, 2.45) is 5.92 Å². The molecule has 0 aromatic rings. The molecule has 0 rings (SSSR count). The highest BCUT2D eigenvalue weighted by Crippen LogP contribution is 1.95. The number of carbonyl (C=O) groups is 1. The first-order chi connectivity index (χ1) is 7.57. The van der Waals surface area contributed by atoms with Crippen LogP contribution in [0.4, 0.5) is 0 Å². The molecular formula is C11H22O5. The molecule has 0 bridgehead atoms. The zero-order valence-electron chi connectivity index (χ0n) is 10.3. The van der Waals surface area contributed by atoms with Crippen LogP contribution in [-0.2, 0) is 19.0 Å².